The van der Waals surface area contributed by atoms with Crippen molar-refractivity contribution in [1.29, 1.82) is 0 Å². The van der Waals surface area contributed by atoms with Gasteiger partial charge < -0.3 is 15.2 Å². The van der Waals surface area contributed by atoms with Crippen molar-refractivity contribution in [2.24, 2.45) is 0 Å². The number of nitrogens with one attached hydrogen (secondary N) is 2. The number of ether oxygens (including phenoxy) is 1. The quantitative estimate of drug-likeness (QED) is 0.753. The maximum Gasteiger partial charge on any atom is 0.143 e. The van der Waals surface area contributed by atoms with Gasteiger partial charge in [0.05, 0.1) is 18.5 Å². The lowest BCUT2D eigenvalue weighted by molar-refractivity contribution is 0.202. The predicted octanol–water partition coefficient (Wildman–Crippen LogP) is 1.80. The molecular weight excluding hydrogens is 230 g/mol. The van der Waals surface area contributed by atoms with Gasteiger partial charge in [0.25, 0.3) is 0 Å². The first kappa shape index (κ1) is 12.4. The van der Waals surface area contributed by atoms with E-state index in [0.717, 1.165) is 28.3 Å². The number of hydrogen-bond donors (Lipinski definition) is 3. The number of hydrogen-bond acceptors (Lipinski definition) is 4. The summed E-state index contributed by atoms with van der Waals surface area (Å²) in [5, 5.41) is 18.8. The molecule has 0 aliphatic carbocycles. The Balaban J connectivity index is 2.36. The number of H-pyrrole nitrogens is 1. The van der Waals surface area contributed by atoms with E-state index in [9.17, 15) is 0 Å². The lowest BCUT2D eigenvalue weighted by Gasteiger charge is -2.12. The molecule has 18 heavy (non-hydrogen) atoms. The Bertz CT molecular complexity index is 523. The number of aromatic amines is 1. The molecular formula is C13H17N3O2. The number of rotatable bonds is 5. The van der Waals surface area contributed by atoms with Crippen LogP contribution in [0.15, 0.2) is 24.4 Å². The average molecular weight is 247 g/mol. The summed E-state index contributed by atoms with van der Waals surface area (Å²) in [5.74, 6) is 0.727. The highest BCUT2D eigenvalue weighted by molar-refractivity contribution is 5.71. The molecule has 0 aliphatic heterocycles. The van der Waals surface area contributed by atoms with Gasteiger partial charge >= 0.3 is 0 Å². The second-order valence-electron chi connectivity index (χ2n) is 3.94. The molecule has 1 heterocycles. The number of anilines is 1. The molecule has 0 saturated heterocycles. The standard InChI is InChI=1S/C13H17N3O2/c1-9-11(8-15-16-9)10-3-4-12(14-2)13(7-10)18-6-5-17/h3-4,7-8,14,17H,5-6H2,1-2H3,(H,15,16). The molecule has 96 valence electrons. The molecule has 2 aromatic rings. The van der Waals surface area contributed by atoms with Crippen LogP contribution in [0.5, 0.6) is 5.75 Å². The van der Waals surface area contributed by atoms with Gasteiger partial charge in [-0.25, -0.2) is 0 Å². The van der Waals surface area contributed by atoms with Gasteiger partial charge in [-0.1, -0.05) is 6.07 Å². The topological polar surface area (TPSA) is 70.2 Å². The Morgan fingerprint density at radius 2 is 2.28 bits per heavy atom. The van der Waals surface area contributed by atoms with E-state index in [1.54, 1.807) is 6.20 Å². The largest absolute Gasteiger partial charge is 0.489 e. The fourth-order valence-electron chi connectivity index (χ4n) is 1.81. The van der Waals surface area contributed by atoms with Gasteiger partial charge in [0.2, 0.25) is 0 Å². The molecule has 0 unspecified atom stereocenters. The molecule has 0 radical (unpaired) electrons. The van der Waals surface area contributed by atoms with Crippen LogP contribution >= 0.6 is 0 Å². The number of aromatic nitrogens is 2. The third-order valence-electron chi connectivity index (χ3n) is 2.74. The van der Waals surface area contributed by atoms with Crippen LogP contribution in [-0.2, 0) is 0 Å². The Morgan fingerprint density at radius 3 is 2.89 bits per heavy atom. The first-order valence-electron chi connectivity index (χ1n) is 5.82. The van der Waals surface area contributed by atoms with Crippen LogP contribution in [0.2, 0.25) is 0 Å². The molecule has 0 atom stereocenters. The highest BCUT2D eigenvalue weighted by Gasteiger charge is 2.08. The summed E-state index contributed by atoms with van der Waals surface area (Å²) < 4.78 is 5.51. The molecule has 0 saturated carbocycles. The van der Waals surface area contributed by atoms with Gasteiger partial charge in [0.1, 0.15) is 12.4 Å². The predicted molar refractivity (Wildman–Crippen MR) is 70.9 cm³/mol. The summed E-state index contributed by atoms with van der Waals surface area (Å²) in [7, 11) is 1.84. The van der Waals surface area contributed by atoms with Gasteiger partial charge in [0.15, 0.2) is 0 Å². The molecule has 0 spiro atoms. The van der Waals surface area contributed by atoms with Crippen molar-refractivity contribution in [1.82, 2.24) is 10.2 Å². The molecule has 2 rings (SSSR count). The van der Waals surface area contributed by atoms with Gasteiger partial charge in [-0.3, -0.25) is 5.10 Å². The second-order valence-corrected chi connectivity index (χ2v) is 3.94. The molecule has 5 nitrogen and oxygen atoms in total. The number of aliphatic hydroxyl groups excluding tert-OH is 1. The Labute approximate surface area is 106 Å². The minimum atomic E-state index is -0.00187. The van der Waals surface area contributed by atoms with Gasteiger partial charge in [-0.15, -0.1) is 0 Å². The van der Waals surface area contributed by atoms with E-state index in [1.807, 2.05) is 32.2 Å². The molecule has 3 N–H and O–H groups in total. The first-order chi connectivity index (χ1) is 8.76. The van der Waals surface area contributed by atoms with E-state index in [0.29, 0.717) is 0 Å². The second kappa shape index (κ2) is 5.55. The highest BCUT2D eigenvalue weighted by Crippen LogP contribution is 2.31. The third kappa shape index (κ3) is 2.46. The zero-order valence-electron chi connectivity index (χ0n) is 10.5. The van der Waals surface area contributed by atoms with Gasteiger partial charge in [-0.2, -0.15) is 5.10 Å². The highest BCUT2D eigenvalue weighted by atomic mass is 16.5. The SMILES string of the molecule is CNc1ccc(-c2cn[nH]c2C)cc1OCCO. The van der Waals surface area contributed by atoms with Crippen LogP contribution < -0.4 is 10.1 Å². The van der Waals surface area contributed by atoms with E-state index in [2.05, 4.69) is 15.5 Å². The Morgan fingerprint density at radius 1 is 1.44 bits per heavy atom. The normalized spacial score (nSPS) is 10.4. The number of aliphatic hydroxyl groups is 1. The van der Waals surface area contributed by atoms with Crippen molar-refractivity contribution >= 4 is 5.69 Å². The number of nitrogens with zero attached hydrogens (tertiary/aromatic N) is 1. The van der Waals surface area contributed by atoms with Gasteiger partial charge in [-0.05, 0) is 24.6 Å². The summed E-state index contributed by atoms with van der Waals surface area (Å²) in [6.07, 6.45) is 1.79. The summed E-state index contributed by atoms with van der Waals surface area (Å²) in [5.41, 5.74) is 3.99. The van der Waals surface area contributed by atoms with Crippen LogP contribution in [0.3, 0.4) is 0 Å². The van der Waals surface area contributed by atoms with Crippen molar-refractivity contribution in [3.63, 3.8) is 0 Å². The van der Waals surface area contributed by atoms with Crippen molar-refractivity contribution in [3.05, 3.63) is 30.1 Å². The maximum atomic E-state index is 8.83. The van der Waals surface area contributed by atoms with Crippen LogP contribution in [0, 0.1) is 6.92 Å². The van der Waals surface area contributed by atoms with Crippen molar-refractivity contribution in [3.8, 4) is 16.9 Å². The zero-order valence-corrected chi connectivity index (χ0v) is 10.5. The monoisotopic (exact) mass is 247 g/mol. The summed E-state index contributed by atoms with van der Waals surface area (Å²) in [4.78, 5) is 0. The fraction of sp³-hybridized carbons (Fsp3) is 0.308. The van der Waals surface area contributed by atoms with E-state index < -0.39 is 0 Å². The maximum absolute atomic E-state index is 8.83. The average Bonchev–Trinajstić information content (AvgIpc) is 2.82. The minimum Gasteiger partial charge on any atom is -0.489 e. The first-order valence-corrected chi connectivity index (χ1v) is 5.82. The molecule has 0 bridgehead atoms. The molecule has 0 fully saturated rings. The number of aryl methyl sites for hydroxylation is 1. The molecule has 1 aromatic carbocycles. The van der Waals surface area contributed by atoms with E-state index >= 15 is 0 Å². The fourth-order valence-corrected chi connectivity index (χ4v) is 1.81. The molecule has 5 heteroatoms. The molecule has 0 aliphatic rings. The third-order valence-corrected chi connectivity index (χ3v) is 2.74. The van der Waals surface area contributed by atoms with Crippen molar-refractivity contribution in [2.45, 2.75) is 6.92 Å². The Hall–Kier alpha value is -2.01. The minimum absolute atomic E-state index is 0.00187. The summed E-state index contributed by atoms with van der Waals surface area (Å²) in [6.45, 7) is 2.25. The van der Waals surface area contributed by atoms with Crippen LogP contribution in [0.1, 0.15) is 5.69 Å². The van der Waals surface area contributed by atoms with Crippen LogP contribution in [0.25, 0.3) is 11.1 Å². The summed E-state index contributed by atoms with van der Waals surface area (Å²) in [6, 6.07) is 5.91. The van der Waals surface area contributed by atoms with E-state index in [-0.39, 0.29) is 13.2 Å². The van der Waals surface area contributed by atoms with Crippen molar-refractivity contribution < 1.29 is 9.84 Å². The van der Waals surface area contributed by atoms with E-state index in [4.69, 9.17) is 9.84 Å². The summed E-state index contributed by atoms with van der Waals surface area (Å²) >= 11 is 0. The van der Waals surface area contributed by atoms with Crippen LogP contribution in [-0.4, -0.2) is 35.6 Å². The van der Waals surface area contributed by atoms with E-state index in [1.165, 1.54) is 0 Å². The zero-order chi connectivity index (χ0) is 13.0. The molecule has 1 aromatic heterocycles. The molecule has 0 amide bonds. The lowest BCUT2D eigenvalue weighted by atomic mass is 10.1. The Kier molecular flexibility index (Phi) is 3.84. The number of benzene rings is 1. The van der Waals surface area contributed by atoms with Crippen LogP contribution in [0.4, 0.5) is 5.69 Å². The smallest absolute Gasteiger partial charge is 0.143 e. The lowest BCUT2D eigenvalue weighted by Crippen LogP contribution is -2.04. The van der Waals surface area contributed by atoms with Crippen molar-refractivity contribution in [2.75, 3.05) is 25.6 Å². The van der Waals surface area contributed by atoms with Gasteiger partial charge in [0, 0.05) is 18.3 Å².